The molecule has 1 aliphatic carbocycles. The normalized spacial score (nSPS) is 26.8. The Morgan fingerprint density at radius 3 is 1.69 bits per heavy atom. The van der Waals surface area contributed by atoms with Crippen molar-refractivity contribution >= 4 is 5.97 Å². The van der Waals surface area contributed by atoms with Crippen molar-refractivity contribution in [3.05, 3.63) is 0 Å². The summed E-state index contributed by atoms with van der Waals surface area (Å²) in [7, 11) is 0. The van der Waals surface area contributed by atoms with E-state index in [0.29, 0.717) is 6.42 Å². The van der Waals surface area contributed by atoms with Gasteiger partial charge in [0.2, 0.25) is 0 Å². The van der Waals surface area contributed by atoms with Gasteiger partial charge in [-0.15, -0.1) is 0 Å². The van der Waals surface area contributed by atoms with E-state index in [4.69, 9.17) is 15.6 Å². The SMILES string of the molecule is N[C@@H]1CC[C@H]1F.O=C(O)C(F)(F)F. The summed E-state index contributed by atoms with van der Waals surface area (Å²) >= 11 is 0. The number of hydrogen-bond acceptors (Lipinski definition) is 2. The zero-order chi connectivity index (χ0) is 10.6. The Balaban J connectivity index is 0.000000223. The molecule has 0 radical (unpaired) electrons. The van der Waals surface area contributed by atoms with Crippen molar-refractivity contribution in [2.45, 2.75) is 31.2 Å². The van der Waals surface area contributed by atoms with Crippen molar-refractivity contribution in [1.82, 2.24) is 0 Å². The van der Waals surface area contributed by atoms with Crippen LogP contribution in [0, 0.1) is 0 Å². The van der Waals surface area contributed by atoms with E-state index in [1.54, 1.807) is 0 Å². The third-order valence-corrected chi connectivity index (χ3v) is 1.48. The van der Waals surface area contributed by atoms with Crippen LogP contribution in [0.4, 0.5) is 17.6 Å². The highest BCUT2D eigenvalue weighted by atomic mass is 19.4. The Morgan fingerprint density at radius 2 is 1.69 bits per heavy atom. The van der Waals surface area contributed by atoms with Crippen LogP contribution in [0.2, 0.25) is 0 Å². The summed E-state index contributed by atoms with van der Waals surface area (Å²) in [4.78, 5) is 8.90. The molecular weight excluding hydrogens is 194 g/mol. The lowest BCUT2D eigenvalue weighted by molar-refractivity contribution is -0.192. The first-order valence-corrected chi connectivity index (χ1v) is 3.45. The molecule has 0 heterocycles. The molecule has 0 aromatic rings. The van der Waals surface area contributed by atoms with E-state index in [0.717, 1.165) is 6.42 Å². The molecule has 1 aliphatic rings. The summed E-state index contributed by atoms with van der Waals surface area (Å²) < 4.78 is 43.5. The lowest BCUT2D eigenvalue weighted by Gasteiger charge is -2.25. The van der Waals surface area contributed by atoms with Gasteiger partial charge in [0.25, 0.3) is 0 Å². The molecule has 0 unspecified atom stereocenters. The number of rotatable bonds is 0. The second-order valence-electron chi connectivity index (χ2n) is 2.56. The van der Waals surface area contributed by atoms with Gasteiger partial charge in [0.05, 0.1) is 0 Å². The predicted molar refractivity (Wildman–Crippen MR) is 35.8 cm³/mol. The minimum absolute atomic E-state index is 0.134. The fraction of sp³-hybridized carbons (Fsp3) is 0.833. The van der Waals surface area contributed by atoms with Crippen molar-refractivity contribution in [2.24, 2.45) is 5.73 Å². The van der Waals surface area contributed by atoms with E-state index < -0.39 is 18.3 Å². The number of nitrogens with two attached hydrogens (primary N) is 1. The van der Waals surface area contributed by atoms with Gasteiger partial charge in [-0.1, -0.05) is 0 Å². The molecule has 1 fully saturated rings. The number of carbonyl (C=O) groups is 1. The maximum Gasteiger partial charge on any atom is 0.490 e. The second kappa shape index (κ2) is 4.40. The highest BCUT2D eigenvalue weighted by Gasteiger charge is 2.38. The first kappa shape index (κ1) is 12.2. The molecule has 78 valence electrons. The van der Waals surface area contributed by atoms with Crippen LogP contribution in [-0.4, -0.2) is 29.5 Å². The molecular formula is C6H9F4NO2. The van der Waals surface area contributed by atoms with E-state index in [1.807, 2.05) is 0 Å². The van der Waals surface area contributed by atoms with Crippen LogP contribution in [0.25, 0.3) is 0 Å². The summed E-state index contributed by atoms with van der Waals surface area (Å²) in [5.74, 6) is -2.76. The molecule has 3 nitrogen and oxygen atoms in total. The van der Waals surface area contributed by atoms with Crippen LogP contribution in [0.5, 0.6) is 0 Å². The summed E-state index contributed by atoms with van der Waals surface area (Å²) in [5.41, 5.74) is 5.15. The van der Waals surface area contributed by atoms with Crippen molar-refractivity contribution in [2.75, 3.05) is 0 Å². The number of aliphatic carboxylic acids is 1. The molecule has 0 aromatic carbocycles. The first-order valence-electron chi connectivity index (χ1n) is 3.45. The molecule has 0 saturated heterocycles. The standard InChI is InChI=1S/C4H8FN.C2HF3O2/c5-3-1-2-4(3)6;3-2(4,5)1(6)7/h3-4H,1-2,6H2;(H,6,7)/t3-,4-;/m1./s1. The number of alkyl halides is 4. The Hall–Kier alpha value is -0.850. The van der Waals surface area contributed by atoms with Gasteiger partial charge in [-0.25, -0.2) is 9.18 Å². The third kappa shape index (κ3) is 4.66. The van der Waals surface area contributed by atoms with Gasteiger partial charge in [0, 0.05) is 6.04 Å². The summed E-state index contributed by atoms with van der Waals surface area (Å²) in [6.07, 6.45) is -4.22. The van der Waals surface area contributed by atoms with Gasteiger partial charge >= 0.3 is 12.1 Å². The van der Waals surface area contributed by atoms with Gasteiger partial charge in [-0.2, -0.15) is 13.2 Å². The zero-order valence-electron chi connectivity index (χ0n) is 6.51. The average Bonchev–Trinajstić information content (AvgIpc) is 2.00. The van der Waals surface area contributed by atoms with Crippen molar-refractivity contribution < 1.29 is 27.5 Å². The molecule has 1 saturated carbocycles. The van der Waals surface area contributed by atoms with Crippen molar-refractivity contribution in [3.63, 3.8) is 0 Å². The molecule has 13 heavy (non-hydrogen) atoms. The van der Waals surface area contributed by atoms with E-state index in [-0.39, 0.29) is 6.04 Å². The highest BCUT2D eigenvalue weighted by molar-refractivity contribution is 5.73. The number of carboxylic acid groups (broad SMARTS) is 1. The van der Waals surface area contributed by atoms with Crippen LogP contribution in [-0.2, 0) is 4.79 Å². The van der Waals surface area contributed by atoms with E-state index >= 15 is 0 Å². The van der Waals surface area contributed by atoms with Gasteiger partial charge in [0.15, 0.2) is 0 Å². The van der Waals surface area contributed by atoms with Gasteiger partial charge in [-0.3, -0.25) is 0 Å². The fourth-order valence-corrected chi connectivity index (χ4v) is 0.485. The maximum atomic E-state index is 11.8. The van der Waals surface area contributed by atoms with Gasteiger partial charge in [0.1, 0.15) is 6.17 Å². The van der Waals surface area contributed by atoms with Crippen molar-refractivity contribution in [1.29, 1.82) is 0 Å². The Morgan fingerprint density at radius 1 is 1.38 bits per heavy atom. The molecule has 3 N–H and O–H groups in total. The zero-order valence-corrected chi connectivity index (χ0v) is 6.51. The smallest absolute Gasteiger partial charge is 0.475 e. The fourth-order valence-electron chi connectivity index (χ4n) is 0.485. The predicted octanol–water partition coefficient (Wildman–Crippen LogP) is 1.08. The number of hydrogen-bond donors (Lipinski definition) is 2. The minimum atomic E-state index is -5.08. The molecule has 2 atom stereocenters. The molecule has 0 bridgehead atoms. The Bertz CT molecular complexity index is 174. The van der Waals surface area contributed by atoms with Crippen LogP contribution in [0.15, 0.2) is 0 Å². The van der Waals surface area contributed by atoms with E-state index in [2.05, 4.69) is 0 Å². The van der Waals surface area contributed by atoms with Crippen LogP contribution < -0.4 is 5.73 Å². The van der Waals surface area contributed by atoms with E-state index in [1.165, 1.54) is 0 Å². The lowest BCUT2D eigenvalue weighted by atomic mass is 9.92. The largest absolute Gasteiger partial charge is 0.490 e. The van der Waals surface area contributed by atoms with Gasteiger partial charge in [-0.05, 0) is 12.8 Å². The van der Waals surface area contributed by atoms with E-state index in [9.17, 15) is 17.6 Å². The van der Waals surface area contributed by atoms with Crippen molar-refractivity contribution in [3.8, 4) is 0 Å². The summed E-state index contributed by atoms with van der Waals surface area (Å²) in [6, 6.07) is -0.134. The molecule has 0 spiro atoms. The maximum absolute atomic E-state index is 11.8. The molecule has 0 amide bonds. The number of halogens is 4. The second-order valence-corrected chi connectivity index (χ2v) is 2.56. The summed E-state index contributed by atoms with van der Waals surface area (Å²) in [5, 5.41) is 7.12. The average molecular weight is 203 g/mol. The van der Waals surface area contributed by atoms with Crippen LogP contribution in [0.3, 0.4) is 0 Å². The summed E-state index contributed by atoms with van der Waals surface area (Å²) in [6.45, 7) is 0. The molecule has 1 rings (SSSR count). The quantitative estimate of drug-likeness (QED) is 0.579. The third-order valence-electron chi connectivity index (χ3n) is 1.48. The topological polar surface area (TPSA) is 63.3 Å². The Labute approximate surface area is 71.5 Å². The van der Waals surface area contributed by atoms with Crippen LogP contribution >= 0.6 is 0 Å². The molecule has 0 aliphatic heterocycles. The highest BCUT2D eigenvalue weighted by Crippen LogP contribution is 2.20. The van der Waals surface area contributed by atoms with Crippen LogP contribution in [0.1, 0.15) is 12.8 Å². The lowest BCUT2D eigenvalue weighted by Crippen LogP contribution is -2.40. The minimum Gasteiger partial charge on any atom is -0.475 e. The Kier molecular flexibility index (Phi) is 4.12. The monoisotopic (exact) mass is 203 g/mol. The van der Waals surface area contributed by atoms with Gasteiger partial charge < -0.3 is 10.8 Å². The first-order chi connectivity index (χ1) is 5.75. The molecule has 0 aromatic heterocycles. The number of carboxylic acids is 1. The molecule has 7 heteroatoms.